The molecule has 0 saturated carbocycles. The number of para-hydroxylation sites is 1. The van der Waals surface area contributed by atoms with Crippen LogP contribution in [0, 0.1) is 17.7 Å². The van der Waals surface area contributed by atoms with Crippen molar-refractivity contribution in [2.75, 3.05) is 0 Å². The summed E-state index contributed by atoms with van der Waals surface area (Å²) in [5.41, 5.74) is -1.46. The molecular formula is C35H43F4N5O4. The number of amides is 4. The summed E-state index contributed by atoms with van der Waals surface area (Å²) in [4.78, 5) is 56.5. The van der Waals surface area contributed by atoms with Crippen LogP contribution in [0.5, 0.6) is 0 Å². The standard InChI is InChI=1S/C35H43F4N5O4/c1-6-19(3)29(42-28(46)17-22-11-8-9-14-26(22)36)32(47)44-34(33(48)43-31(20(4)7-2)40-21(5)45)16-15-27-24(18-34)23-12-10-13-25(30(23)41-27)35(37,38)39/h8-14,19-20,29,31,41H,6-7,15-18H2,1-5H3,(H,40,45)(H,42,46)(H,43,48)(H,44,47)/t19?,20-,29?,31-,34+/m0/s1. The first-order valence-corrected chi connectivity index (χ1v) is 16.2. The van der Waals surface area contributed by atoms with Crippen LogP contribution in [-0.4, -0.2) is 46.4 Å². The number of benzene rings is 2. The fourth-order valence-corrected chi connectivity index (χ4v) is 6.17. The summed E-state index contributed by atoms with van der Waals surface area (Å²) in [5.74, 6) is -3.42. The van der Waals surface area contributed by atoms with Crippen LogP contribution in [0.1, 0.15) is 76.3 Å². The van der Waals surface area contributed by atoms with Crippen LogP contribution in [0.4, 0.5) is 17.6 Å². The number of carbonyl (C=O) groups is 4. The number of halogens is 4. The Hall–Kier alpha value is -4.42. The highest BCUT2D eigenvalue weighted by molar-refractivity contribution is 5.97. The molecule has 4 amide bonds. The lowest BCUT2D eigenvalue weighted by Crippen LogP contribution is -2.67. The Morgan fingerprint density at radius 2 is 1.62 bits per heavy atom. The van der Waals surface area contributed by atoms with E-state index in [0.29, 0.717) is 24.1 Å². The highest BCUT2D eigenvalue weighted by Crippen LogP contribution is 2.40. The van der Waals surface area contributed by atoms with Gasteiger partial charge >= 0.3 is 6.18 Å². The van der Waals surface area contributed by atoms with E-state index in [9.17, 15) is 36.7 Å². The number of hydrogen-bond donors (Lipinski definition) is 5. The van der Waals surface area contributed by atoms with Gasteiger partial charge in [0, 0.05) is 24.4 Å². The number of hydrogen-bond acceptors (Lipinski definition) is 4. The average Bonchev–Trinajstić information content (AvgIpc) is 3.40. The molecule has 5 N–H and O–H groups in total. The lowest BCUT2D eigenvalue weighted by atomic mass is 9.78. The van der Waals surface area contributed by atoms with Gasteiger partial charge in [-0.2, -0.15) is 13.2 Å². The molecule has 260 valence electrons. The van der Waals surface area contributed by atoms with Gasteiger partial charge < -0.3 is 26.3 Å². The Morgan fingerprint density at radius 1 is 0.938 bits per heavy atom. The van der Waals surface area contributed by atoms with Gasteiger partial charge in [-0.25, -0.2) is 4.39 Å². The molecule has 0 radical (unpaired) electrons. The van der Waals surface area contributed by atoms with Gasteiger partial charge in [-0.3, -0.25) is 19.2 Å². The van der Waals surface area contributed by atoms with Crippen LogP contribution < -0.4 is 21.3 Å². The van der Waals surface area contributed by atoms with E-state index in [0.717, 1.165) is 6.07 Å². The zero-order valence-corrected chi connectivity index (χ0v) is 27.7. The van der Waals surface area contributed by atoms with Gasteiger partial charge in [0.25, 0.3) is 0 Å². The summed E-state index contributed by atoms with van der Waals surface area (Å²) in [5, 5.41) is 11.5. The number of aryl methyl sites for hydroxylation is 1. The lowest BCUT2D eigenvalue weighted by molar-refractivity contribution is -0.138. The minimum absolute atomic E-state index is 0.0233. The average molecular weight is 674 g/mol. The highest BCUT2D eigenvalue weighted by Gasteiger charge is 2.47. The largest absolute Gasteiger partial charge is 0.418 e. The molecule has 48 heavy (non-hydrogen) atoms. The van der Waals surface area contributed by atoms with E-state index in [1.807, 2.05) is 20.8 Å². The summed E-state index contributed by atoms with van der Waals surface area (Å²) in [6.07, 6.45) is -4.64. The summed E-state index contributed by atoms with van der Waals surface area (Å²) >= 11 is 0. The molecular weight excluding hydrogens is 630 g/mol. The zero-order valence-electron chi connectivity index (χ0n) is 27.7. The summed E-state index contributed by atoms with van der Waals surface area (Å²) in [6, 6.07) is 8.52. The van der Waals surface area contributed by atoms with Crippen LogP contribution in [0.2, 0.25) is 0 Å². The van der Waals surface area contributed by atoms with E-state index in [4.69, 9.17) is 0 Å². The Kier molecular flexibility index (Phi) is 11.2. The molecule has 0 bridgehead atoms. The van der Waals surface area contributed by atoms with E-state index in [1.165, 1.54) is 31.2 Å². The Balaban J connectivity index is 1.72. The van der Waals surface area contributed by atoms with Crippen molar-refractivity contribution in [2.45, 2.75) is 97.1 Å². The predicted molar refractivity (Wildman–Crippen MR) is 173 cm³/mol. The number of aromatic nitrogens is 1. The lowest BCUT2D eigenvalue weighted by Gasteiger charge is -2.40. The second kappa shape index (κ2) is 14.8. The quantitative estimate of drug-likeness (QED) is 0.136. The Labute approximate surface area is 277 Å². The van der Waals surface area contributed by atoms with Crippen LogP contribution in [0.3, 0.4) is 0 Å². The molecule has 2 unspecified atom stereocenters. The normalized spacial score (nSPS) is 18.6. The molecule has 2 aromatic carbocycles. The van der Waals surface area contributed by atoms with E-state index in [1.54, 1.807) is 19.1 Å². The topological polar surface area (TPSA) is 132 Å². The van der Waals surface area contributed by atoms with Crippen molar-refractivity contribution < 1.29 is 36.7 Å². The Morgan fingerprint density at radius 3 is 2.25 bits per heavy atom. The summed E-state index contributed by atoms with van der Waals surface area (Å²) in [6.45, 7) is 8.64. The van der Waals surface area contributed by atoms with Gasteiger partial charge in [-0.05, 0) is 54.4 Å². The number of aromatic amines is 1. The van der Waals surface area contributed by atoms with Crippen molar-refractivity contribution in [3.8, 4) is 0 Å². The minimum Gasteiger partial charge on any atom is -0.358 e. The molecule has 13 heteroatoms. The summed E-state index contributed by atoms with van der Waals surface area (Å²) < 4.78 is 56.1. The van der Waals surface area contributed by atoms with Crippen molar-refractivity contribution in [3.05, 3.63) is 70.7 Å². The minimum atomic E-state index is -4.62. The maximum atomic E-state index is 14.3. The maximum Gasteiger partial charge on any atom is 0.418 e. The van der Waals surface area contributed by atoms with E-state index in [-0.39, 0.29) is 54.0 Å². The smallest absolute Gasteiger partial charge is 0.358 e. The van der Waals surface area contributed by atoms with Gasteiger partial charge in [-0.15, -0.1) is 0 Å². The van der Waals surface area contributed by atoms with Crippen LogP contribution in [-0.2, 0) is 44.6 Å². The SMILES string of the molecule is CCC(C)C(NC(=O)Cc1ccccc1F)C(=O)N[C@]1(C(=O)N[C@H](NC(C)=O)[C@@H](C)CC)CCc2[nH]c3c(C(F)(F)F)cccc3c2C1. The number of fused-ring (bicyclic) bond motifs is 3. The fraction of sp³-hybridized carbons (Fsp3) is 0.486. The molecule has 9 nitrogen and oxygen atoms in total. The third-order valence-electron chi connectivity index (χ3n) is 9.39. The van der Waals surface area contributed by atoms with Gasteiger partial charge in [0.2, 0.25) is 23.6 Å². The number of rotatable bonds is 12. The molecule has 5 atom stereocenters. The van der Waals surface area contributed by atoms with Crippen LogP contribution >= 0.6 is 0 Å². The van der Waals surface area contributed by atoms with Crippen LogP contribution in [0.15, 0.2) is 42.5 Å². The van der Waals surface area contributed by atoms with Gasteiger partial charge in [0.05, 0.1) is 17.5 Å². The molecule has 1 heterocycles. The molecule has 1 aliphatic carbocycles. The molecule has 0 aliphatic heterocycles. The Bertz CT molecular complexity index is 1670. The molecule has 4 rings (SSSR count). The monoisotopic (exact) mass is 673 g/mol. The molecule has 3 aromatic rings. The third-order valence-corrected chi connectivity index (χ3v) is 9.39. The number of nitrogens with one attached hydrogen (secondary N) is 5. The second-order valence-electron chi connectivity index (χ2n) is 12.8. The van der Waals surface area contributed by atoms with E-state index >= 15 is 0 Å². The first-order chi connectivity index (χ1) is 22.6. The number of carbonyl (C=O) groups excluding carboxylic acids is 4. The van der Waals surface area contributed by atoms with Crippen molar-refractivity contribution in [2.24, 2.45) is 11.8 Å². The maximum absolute atomic E-state index is 14.3. The van der Waals surface area contributed by atoms with Crippen molar-refractivity contribution >= 4 is 34.5 Å². The molecule has 0 fully saturated rings. The molecule has 1 aromatic heterocycles. The molecule has 0 saturated heterocycles. The first kappa shape index (κ1) is 36.4. The number of alkyl halides is 3. The van der Waals surface area contributed by atoms with E-state index in [2.05, 4.69) is 26.3 Å². The third kappa shape index (κ3) is 7.99. The second-order valence-corrected chi connectivity index (χ2v) is 12.8. The van der Waals surface area contributed by atoms with E-state index < -0.39 is 58.9 Å². The van der Waals surface area contributed by atoms with Gasteiger partial charge in [0.15, 0.2) is 0 Å². The van der Waals surface area contributed by atoms with Crippen molar-refractivity contribution in [3.63, 3.8) is 0 Å². The van der Waals surface area contributed by atoms with Crippen LogP contribution in [0.25, 0.3) is 10.9 Å². The summed E-state index contributed by atoms with van der Waals surface area (Å²) in [7, 11) is 0. The molecule has 1 aliphatic rings. The fourth-order valence-electron chi connectivity index (χ4n) is 6.17. The number of H-pyrrole nitrogens is 1. The first-order valence-electron chi connectivity index (χ1n) is 16.2. The highest BCUT2D eigenvalue weighted by atomic mass is 19.4. The molecule has 0 spiro atoms. The van der Waals surface area contributed by atoms with Gasteiger partial charge in [-0.1, -0.05) is 64.4 Å². The zero-order chi connectivity index (χ0) is 35.4. The van der Waals surface area contributed by atoms with Crippen molar-refractivity contribution in [1.29, 1.82) is 0 Å². The predicted octanol–water partition coefficient (Wildman–Crippen LogP) is 5.07. The van der Waals surface area contributed by atoms with Gasteiger partial charge in [0.1, 0.15) is 23.6 Å². The van der Waals surface area contributed by atoms with Crippen molar-refractivity contribution in [1.82, 2.24) is 26.3 Å².